The number of aryl methyl sites for hydroxylation is 1. The molecule has 0 aliphatic carbocycles. The summed E-state index contributed by atoms with van der Waals surface area (Å²) in [6, 6.07) is 22.5. The standard InChI is InChI=1S/C20H14N4O/c1-13-12-16(14-8-4-2-5-9-14)24-18(13)17(15-10-6-3-7-11-15)21-19-20(24)23-25-22-19/h2-12H,1H3. The van der Waals surface area contributed by atoms with Crippen molar-refractivity contribution >= 4 is 16.8 Å². The van der Waals surface area contributed by atoms with Crippen molar-refractivity contribution < 1.29 is 4.63 Å². The Morgan fingerprint density at radius 1 is 0.840 bits per heavy atom. The van der Waals surface area contributed by atoms with Crippen LogP contribution in [-0.4, -0.2) is 19.7 Å². The van der Waals surface area contributed by atoms with E-state index in [-0.39, 0.29) is 0 Å². The Morgan fingerprint density at radius 2 is 1.52 bits per heavy atom. The molecule has 0 N–H and O–H groups in total. The average molecular weight is 326 g/mol. The van der Waals surface area contributed by atoms with E-state index in [0.29, 0.717) is 11.3 Å². The zero-order valence-corrected chi connectivity index (χ0v) is 13.5. The second-order valence-electron chi connectivity index (χ2n) is 6.00. The highest BCUT2D eigenvalue weighted by atomic mass is 16.6. The molecule has 0 amide bonds. The van der Waals surface area contributed by atoms with Gasteiger partial charge in [0, 0.05) is 5.56 Å². The lowest BCUT2D eigenvalue weighted by atomic mass is 10.1. The molecule has 0 spiro atoms. The van der Waals surface area contributed by atoms with Gasteiger partial charge < -0.3 is 0 Å². The van der Waals surface area contributed by atoms with Gasteiger partial charge in [-0.3, -0.25) is 4.40 Å². The number of nitrogens with zero attached hydrogens (tertiary/aromatic N) is 4. The van der Waals surface area contributed by atoms with Gasteiger partial charge in [-0.2, -0.15) is 0 Å². The second kappa shape index (κ2) is 5.27. The highest BCUT2D eigenvalue weighted by molar-refractivity contribution is 5.90. The topological polar surface area (TPSA) is 56.2 Å². The van der Waals surface area contributed by atoms with E-state index in [0.717, 1.165) is 33.6 Å². The SMILES string of the molecule is Cc1cc(-c2ccccc2)n2c1c(-c1ccccc1)nc1nonc12. The van der Waals surface area contributed by atoms with Crippen LogP contribution in [0.4, 0.5) is 0 Å². The lowest BCUT2D eigenvalue weighted by Crippen LogP contribution is -1.97. The van der Waals surface area contributed by atoms with E-state index in [9.17, 15) is 0 Å². The molecule has 5 rings (SSSR count). The molecular formula is C20H14N4O. The van der Waals surface area contributed by atoms with E-state index in [4.69, 9.17) is 9.61 Å². The van der Waals surface area contributed by atoms with Crippen molar-refractivity contribution in [1.29, 1.82) is 0 Å². The normalized spacial score (nSPS) is 11.4. The monoisotopic (exact) mass is 326 g/mol. The fraction of sp³-hybridized carbons (Fsp3) is 0.0500. The molecule has 5 heteroatoms. The van der Waals surface area contributed by atoms with Gasteiger partial charge in [0.1, 0.15) is 0 Å². The molecular weight excluding hydrogens is 312 g/mol. The maximum atomic E-state index is 4.98. The first-order valence-electron chi connectivity index (χ1n) is 8.08. The van der Waals surface area contributed by atoms with E-state index >= 15 is 0 Å². The van der Waals surface area contributed by atoms with E-state index in [2.05, 4.69) is 52.0 Å². The molecule has 5 nitrogen and oxygen atoms in total. The van der Waals surface area contributed by atoms with E-state index in [1.54, 1.807) is 0 Å². The van der Waals surface area contributed by atoms with E-state index in [1.807, 2.05) is 36.4 Å². The van der Waals surface area contributed by atoms with Crippen molar-refractivity contribution in [2.45, 2.75) is 6.92 Å². The van der Waals surface area contributed by atoms with Crippen molar-refractivity contribution in [3.8, 4) is 22.5 Å². The summed E-state index contributed by atoms with van der Waals surface area (Å²) in [6.07, 6.45) is 0. The largest absolute Gasteiger partial charge is 0.286 e. The third-order valence-electron chi connectivity index (χ3n) is 4.42. The first-order chi connectivity index (χ1) is 12.3. The molecule has 0 bridgehead atoms. The molecule has 0 fully saturated rings. The van der Waals surface area contributed by atoms with Gasteiger partial charge in [0.2, 0.25) is 11.3 Å². The molecule has 3 aromatic heterocycles. The highest BCUT2D eigenvalue weighted by Crippen LogP contribution is 2.34. The molecule has 0 aliphatic heterocycles. The second-order valence-corrected chi connectivity index (χ2v) is 6.00. The Morgan fingerprint density at radius 3 is 2.24 bits per heavy atom. The molecule has 25 heavy (non-hydrogen) atoms. The zero-order chi connectivity index (χ0) is 16.8. The van der Waals surface area contributed by atoms with E-state index in [1.165, 1.54) is 0 Å². The molecule has 2 aromatic carbocycles. The van der Waals surface area contributed by atoms with Gasteiger partial charge in [-0.25, -0.2) is 9.61 Å². The molecule has 0 radical (unpaired) electrons. The van der Waals surface area contributed by atoms with Crippen LogP contribution >= 0.6 is 0 Å². The smallest absolute Gasteiger partial charge is 0.242 e. The summed E-state index contributed by atoms with van der Waals surface area (Å²) in [5.41, 5.74) is 7.36. The van der Waals surface area contributed by atoms with Gasteiger partial charge in [-0.15, -0.1) is 0 Å². The Balaban J connectivity index is 1.96. The molecule has 5 aromatic rings. The average Bonchev–Trinajstić information content (AvgIpc) is 3.27. The summed E-state index contributed by atoms with van der Waals surface area (Å²) < 4.78 is 7.07. The maximum Gasteiger partial charge on any atom is 0.242 e. The maximum absolute atomic E-state index is 4.98. The number of aromatic nitrogens is 4. The van der Waals surface area contributed by atoms with Gasteiger partial charge in [0.05, 0.1) is 16.9 Å². The number of hydrogen-bond acceptors (Lipinski definition) is 4. The van der Waals surface area contributed by atoms with Crippen molar-refractivity contribution in [2.75, 3.05) is 0 Å². The molecule has 0 atom stereocenters. The van der Waals surface area contributed by atoms with E-state index < -0.39 is 0 Å². The van der Waals surface area contributed by atoms with Crippen LogP contribution in [0.5, 0.6) is 0 Å². The first-order valence-corrected chi connectivity index (χ1v) is 8.08. The zero-order valence-electron chi connectivity index (χ0n) is 13.5. The van der Waals surface area contributed by atoms with Crippen LogP contribution in [0.2, 0.25) is 0 Å². The summed E-state index contributed by atoms with van der Waals surface area (Å²) in [7, 11) is 0. The molecule has 120 valence electrons. The summed E-state index contributed by atoms with van der Waals surface area (Å²) in [5, 5.41) is 8.08. The third kappa shape index (κ3) is 2.06. The molecule has 3 heterocycles. The number of rotatable bonds is 2. The lowest BCUT2D eigenvalue weighted by Gasteiger charge is -2.08. The van der Waals surface area contributed by atoms with Crippen LogP contribution in [0.25, 0.3) is 39.3 Å². The van der Waals surface area contributed by atoms with Crippen LogP contribution in [0, 0.1) is 6.92 Å². The summed E-state index contributed by atoms with van der Waals surface area (Å²) in [4.78, 5) is 4.71. The van der Waals surface area contributed by atoms with Crippen molar-refractivity contribution in [3.63, 3.8) is 0 Å². The van der Waals surface area contributed by atoms with Crippen LogP contribution < -0.4 is 0 Å². The Kier molecular flexibility index (Phi) is 2.94. The van der Waals surface area contributed by atoms with Crippen LogP contribution in [0.1, 0.15) is 5.56 Å². The summed E-state index contributed by atoms with van der Waals surface area (Å²) >= 11 is 0. The minimum atomic E-state index is 0.499. The van der Waals surface area contributed by atoms with Gasteiger partial charge in [-0.1, -0.05) is 60.7 Å². The Bertz CT molecular complexity index is 1190. The molecule has 0 saturated carbocycles. The first kappa shape index (κ1) is 13.9. The third-order valence-corrected chi connectivity index (χ3v) is 4.42. The Labute approximate surface area is 143 Å². The summed E-state index contributed by atoms with van der Waals surface area (Å²) in [5.74, 6) is 0. The van der Waals surface area contributed by atoms with Crippen molar-refractivity contribution in [3.05, 3.63) is 72.3 Å². The minimum absolute atomic E-state index is 0.499. The van der Waals surface area contributed by atoms with Gasteiger partial charge in [0.15, 0.2) is 0 Å². The molecule has 0 unspecified atom stereocenters. The van der Waals surface area contributed by atoms with Gasteiger partial charge >= 0.3 is 0 Å². The quantitative estimate of drug-likeness (QED) is 0.479. The fourth-order valence-corrected chi connectivity index (χ4v) is 3.32. The van der Waals surface area contributed by atoms with Crippen LogP contribution in [-0.2, 0) is 0 Å². The van der Waals surface area contributed by atoms with Crippen LogP contribution in [0.15, 0.2) is 71.4 Å². The molecule has 0 aliphatic rings. The van der Waals surface area contributed by atoms with Crippen molar-refractivity contribution in [1.82, 2.24) is 19.7 Å². The minimum Gasteiger partial charge on any atom is -0.286 e. The summed E-state index contributed by atoms with van der Waals surface area (Å²) in [6.45, 7) is 2.09. The van der Waals surface area contributed by atoms with Gasteiger partial charge in [0.25, 0.3) is 0 Å². The fourth-order valence-electron chi connectivity index (χ4n) is 3.32. The van der Waals surface area contributed by atoms with Gasteiger partial charge in [-0.05, 0) is 34.4 Å². The number of fused-ring (bicyclic) bond motifs is 3. The predicted octanol–water partition coefficient (Wildman–Crippen LogP) is 4.51. The van der Waals surface area contributed by atoms with Crippen molar-refractivity contribution in [2.24, 2.45) is 0 Å². The molecule has 0 saturated heterocycles. The number of hydrogen-bond donors (Lipinski definition) is 0. The highest BCUT2D eigenvalue weighted by Gasteiger charge is 2.19. The lowest BCUT2D eigenvalue weighted by molar-refractivity contribution is 0.314. The Hall–Kier alpha value is -3.47. The number of benzene rings is 2. The van der Waals surface area contributed by atoms with Crippen LogP contribution in [0.3, 0.4) is 0 Å². The predicted molar refractivity (Wildman–Crippen MR) is 96.2 cm³/mol.